The fourth-order valence-electron chi connectivity index (χ4n) is 8.90. The Morgan fingerprint density at radius 1 is 1.00 bits per heavy atom. The summed E-state index contributed by atoms with van der Waals surface area (Å²) in [5, 5.41) is 10.2. The summed E-state index contributed by atoms with van der Waals surface area (Å²) in [5.74, 6) is 5.76. The van der Waals surface area contributed by atoms with Crippen molar-refractivity contribution in [2.24, 2.45) is 52.3 Å². The average Bonchev–Trinajstić information content (AvgIpc) is 3.06. The maximum absolute atomic E-state index is 10.2. The van der Waals surface area contributed by atoms with Crippen LogP contribution in [0, 0.1) is 52.3 Å². The minimum atomic E-state index is -0.181. The summed E-state index contributed by atoms with van der Waals surface area (Å²) in [5.41, 5.74) is 2.52. The summed E-state index contributed by atoms with van der Waals surface area (Å²) in [6, 6.07) is 0. The number of aliphatic hydroxyl groups is 1. The van der Waals surface area contributed by atoms with Gasteiger partial charge in [-0.15, -0.1) is 0 Å². The molecule has 4 aliphatic carbocycles. The van der Waals surface area contributed by atoms with E-state index in [4.69, 9.17) is 0 Å². The molecule has 0 spiro atoms. The second-order valence-electron chi connectivity index (χ2n) is 12.4. The van der Waals surface area contributed by atoms with E-state index in [0.29, 0.717) is 16.7 Å². The van der Waals surface area contributed by atoms with Crippen molar-refractivity contribution in [1.29, 1.82) is 0 Å². The van der Waals surface area contributed by atoms with Crippen molar-refractivity contribution in [2.45, 2.75) is 105 Å². The predicted molar refractivity (Wildman–Crippen MR) is 128 cm³/mol. The molecule has 1 nitrogen and oxygen atoms in total. The second kappa shape index (κ2) is 8.42. The van der Waals surface area contributed by atoms with E-state index >= 15 is 0 Å². The van der Waals surface area contributed by atoms with Crippen molar-refractivity contribution in [3.05, 3.63) is 23.8 Å². The molecular weight excluding hydrogens is 364 g/mol. The van der Waals surface area contributed by atoms with Gasteiger partial charge in [0.15, 0.2) is 0 Å². The molecule has 0 aliphatic heterocycles. The van der Waals surface area contributed by atoms with Crippen LogP contribution in [0.5, 0.6) is 0 Å². The van der Waals surface area contributed by atoms with Crippen LogP contribution >= 0.6 is 0 Å². The molecule has 3 saturated carbocycles. The number of aliphatic hydroxyl groups excluding tert-OH is 1. The molecule has 0 amide bonds. The highest BCUT2D eigenvalue weighted by Gasteiger charge is 2.59. The van der Waals surface area contributed by atoms with Gasteiger partial charge in [-0.05, 0) is 110 Å². The fourth-order valence-corrected chi connectivity index (χ4v) is 8.90. The molecule has 0 saturated heterocycles. The van der Waals surface area contributed by atoms with Gasteiger partial charge in [-0.25, -0.2) is 0 Å². The Balaban J connectivity index is 1.52. The molecule has 3 fully saturated rings. The van der Waals surface area contributed by atoms with E-state index in [1.807, 2.05) is 0 Å². The van der Waals surface area contributed by atoms with Gasteiger partial charge in [0.05, 0.1) is 6.10 Å². The largest absolute Gasteiger partial charge is 0.389 e. The second-order valence-corrected chi connectivity index (χ2v) is 12.4. The number of allylic oxidation sites excluding steroid dienone is 3. The van der Waals surface area contributed by atoms with Crippen LogP contribution in [0.15, 0.2) is 23.8 Å². The Kier molecular flexibility index (Phi) is 6.35. The van der Waals surface area contributed by atoms with Crippen LogP contribution in [0.3, 0.4) is 0 Å². The van der Waals surface area contributed by atoms with E-state index in [9.17, 15) is 5.11 Å². The minimum Gasteiger partial charge on any atom is -0.389 e. The van der Waals surface area contributed by atoms with Crippen molar-refractivity contribution in [3.63, 3.8) is 0 Å². The normalized spacial score (nSPS) is 45.6. The van der Waals surface area contributed by atoms with Gasteiger partial charge >= 0.3 is 0 Å². The Morgan fingerprint density at radius 3 is 2.47 bits per heavy atom. The standard InChI is InChI=1S/C29H48O/c1-7-21(19(2)3)9-8-20(4)25-12-13-26-24-11-10-22-18-23(30)14-16-28(22,5)27(24)15-17-29(25,26)6/h8-9,18-21,23-27,30H,7,10-17H2,1-6H3/b9-8+/t20-,21-,23?,24+,25-,26+,27+,28+,29-/m1/s1. The van der Waals surface area contributed by atoms with Crippen LogP contribution in [0.2, 0.25) is 0 Å². The Hall–Kier alpha value is -0.560. The summed E-state index contributed by atoms with van der Waals surface area (Å²) in [4.78, 5) is 0. The first-order valence-electron chi connectivity index (χ1n) is 13.3. The highest BCUT2D eigenvalue weighted by Crippen LogP contribution is 2.67. The molecule has 1 heteroatoms. The van der Waals surface area contributed by atoms with Crippen LogP contribution < -0.4 is 0 Å². The lowest BCUT2D eigenvalue weighted by Crippen LogP contribution is -2.51. The molecule has 170 valence electrons. The Morgan fingerprint density at radius 2 is 1.77 bits per heavy atom. The van der Waals surface area contributed by atoms with E-state index in [-0.39, 0.29) is 6.10 Å². The monoisotopic (exact) mass is 412 g/mol. The van der Waals surface area contributed by atoms with E-state index in [2.05, 4.69) is 59.8 Å². The van der Waals surface area contributed by atoms with E-state index in [1.54, 1.807) is 5.57 Å². The van der Waals surface area contributed by atoms with Gasteiger partial charge in [-0.1, -0.05) is 65.3 Å². The SMILES string of the molecule is CC[C@H](/C=C/[C@@H](C)[C@H]1CC[C@H]2[C@@H]3CCC4=CC(O)CC[C@]4(C)[C@H]3CC[C@]12C)C(C)C. The molecule has 0 heterocycles. The van der Waals surface area contributed by atoms with Crippen LogP contribution in [-0.2, 0) is 0 Å². The van der Waals surface area contributed by atoms with Gasteiger partial charge in [0.1, 0.15) is 0 Å². The van der Waals surface area contributed by atoms with E-state index in [0.717, 1.165) is 41.9 Å². The van der Waals surface area contributed by atoms with Gasteiger partial charge in [-0.2, -0.15) is 0 Å². The van der Waals surface area contributed by atoms with Gasteiger partial charge in [0.2, 0.25) is 0 Å². The molecule has 9 atom stereocenters. The zero-order valence-corrected chi connectivity index (χ0v) is 20.7. The third-order valence-electron chi connectivity index (χ3n) is 10.8. The number of hydrogen-bond acceptors (Lipinski definition) is 1. The zero-order chi connectivity index (χ0) is 21.7. The lowest BCUT2D eigenvalue weighted by atomic mass is 9.46. The van der Waals surface area contributed by atoms with E-state index < -0.39 is 0 Å². The molecular formula is C29H48O. The van der Waals surface area contributed by atoms with Crippen LogP contribution in [0.25, 0.3) is 0 Å². The first-order chi connectivity index (χ1) is 14.2. The minimum absolute atomic E-state index is 0.181. The van der Waals surface area contributed by atoms with E-state index in [1.165, 1.54) is 51.4 Å². The molecule has 0 aromatic heterocycles. The number of hydrogen-bond donors (Lipinski definition) is 1. The maximum Gasteiger partial charge on any atom is 0.0724 e. The van der Waals surface area contributed by atoms with Gasteiger partial charge in [0.25, 0.3) is 0 Å². The summed E-state index contributed by atoms with van der Waals surface area (Å²) in [6.45, 7) is 14.8. The highest BCUT2D eigenvalue weighted by atomic mass is 16.3. The lowest BCUT2D eigenvalue weighted by Gasteiger charge is -2.59. The Bertz CT molecular complexity index is 674. The number of rotatable bonds is 5. The first-order valence-corrected chi connectivity index (χ1v) is 13.3. The summed E-state index contributed by atoms with van der Waals surface area (Å²) >= 11 is 0. The van der Waals surface area contributed by atoms with Gasteiger partial charge in [-0.3, -0.25) is 0 Å². The predicted octanol–water partition coefficient (Wildman–Crippen LogP) is 7.80. The van der Waals surface area contributed by atoms with Crippen molar-refractivity contribution in [2.75, 3.05) is 0 Å². The maximum atomic E-state index is 10.2. The van der Waals surface area contributed by atoms with Crippen molar-refractivity contribution in [3.8, 4) is 0 Å². The molecule has 1 N–H and O–H groups in total. The van der Waals surface area contributed by atoms with Crippen LogP contribution in [0.4, 0.5) is 0 Å². The molecule has 4 aliphatic rings. The van der Waals surface area contributed by atoms with Crippen LogP contribution in [-0.4, -0.2) is 11.2 Å². The van der Waals surface area contributed by atoms with Crippen molar-refractivity contribution in [1.82, 2.24) is 0 Å². The summed E-state index contributed by atoms with van der Waals surface area (Å²) < 4.78 is 0. The first kappa shape index (κ1) is 22.6. The molecule has 0 bridgehead atoms. The topological polar surface area (TPSA) is 20.2 Å². The van der Waals surface area contributed by atoms with Crippen LogP contribution in [0.1, 0.15) is 99.3 Å². The molecule has 0 radical (unpaired) electrons. The highest BCUT2D eigenvalue weighted by molar-refractivity contribution is 5.25. The van der Waals surface area contributed by atoms with Crippen molar-refractivity contribution < 1.29 is 5.11 Å². The third kappa shape index (κ3) is 3.66. The fraction of sp³-hybridized carbons (Fsp3) is 0.862. The number of fused-ring (bicyclic) bond motifs is 5. The van der Waals surface area contributed by atoms with Crippen molar-refractivity contribution >= 4 is 0 Å². The molecule has 0 aromatic carbocycles. The summed E-state index contributed by atoms with van der Waals surface area (Å²) in [6.07, 6.45) is 19.0. The third-order valence-corrected chi connectivity index (χ3v) is 10.8. The molecule has 0 aromatic rings. The molecule has 1 unspecified atom stereocenters. The molecule has 30 heavy (non-hydrogen) atoms. The summed E-state index contributed by atoms with van der Waals surface area (Å²) in [7, 11) is 0. The zero-order valence-electron chi connectivity index (χ0n) is 20.7. The Labute approximate surface area is 186 Å². The average molecular weight is 413 g/mol. The molecule has 4 rings (SSSR count). The van der Waals surface area contributed by atoms with Gasteiger partial charge in [0, 0.05) is 0 Å². The van der Waals surface area contributed by atoms with Gasteiger partial charge < -0.3 is 5.11 Å². The lowest BCUT2D eigenvalue weighted by molar-refractivity contribution is -0.0595. The quantitative estimate of drug-likeness (QED) is 0.457. The smallest absolute Gasteiger partial charge is 0.0724 e.